The second-order valence-electron chi connectivity index (χ2n) is 14.1. The number of sulfonamides is 2. The number of piperazine rings is 2. The minimum atomic E-state index is -3.68. The first-order valence-electron chi connectivity index (χ1n) is 19.6. The molecular weight excluding hydrogens is 908 g/mol. The Labute approximate surface area is 381 Å². The van der Waals surface area contributed by atoms with Gasteiger partial charge in [-0.05, 0) is 60.7 Å². The summed E-state index contributed by atoms with van der Waals surface area (Å²) in [6.45, 7) is 3.72. The average molecular weight is 956 g/mol. The van der Waals surface area contributed by atoms with Crippen molar-refractivity contribution >= 4 is 64.6 Å². The summed E-state index contributed by atoms with van der Waals surface area (Å²) in [5, 5.41) is 6.47. The molecule has 0 spiro atoms. The molecule has 8 rings (SSSR count). The van der Waals surface area contributed by atoms with E-state index in [1.165, 1.54) is 49.2 Å². The normalized spacial score (nSPS) is 15.0. The largest absolute Gasteiger partial charge is 0.497 e. The lowest BCUT2D eigenvalue weighted by molar-refractivity contribution is 0.369. The average Bonchev–Trinajstić information content (AvgIpc) is 4.03. The fourth-order valence-corrected chi connectivity index (χ4v) is 12.0. The molecule has 4 aromatic carbocycles. The molecule has 2 fully saturated rings. The van der Waals surface area contributed by atoms with Crippen LogP contribution in [0.3, 0.4) is 0 Å². The van der Waals surface area contributed by atoms with Crippen molar-refractivity contribution in [3.8, 4) is 51.3 Å². The zero-order valence-electron chi connectivity index (χ0n) is 35.3. The van der Waals surface area contributed by atoms with Crippen LogP contribution in [0.2, 0.25) is 5.02 Å². The minimum Gasteiger partial charge on any atom is -0.497 e. The summed E-state index contributed by atoms with van der Waals surface area (Å²) in [6.07, 6.45) is 0. The van der Waals surface area contributed by atoms with Crippen LogP contribution in [0.15, 0.2) is 105 Å². The Kier molecular flexibility index (Phi) is 14.7. The first kappa shape index (κ1) is 45.9. The maximum Gasteiger partial charge on any atom is 0.246 e. The first-order chi connectivity index (χ1) is 30.4. The molecule has 63 heavy (non-hydrogen) atoms. The monoisotopic (exact) mass is 954 g/mol. The summed E-state index contributed by atoms with van der Waals surface area (Å²) in [6, 6.07) is 24.8. The third kappa shape index (κ3) is 10.3. The van der Waals surface area contributed by atoms with Crippen LogP contribution in [0.4, 0.5) is 10.3 Å². The SMILES string of the molecule is COc1ccc(-c2csc(N3CCN(S(=O)(=O)c4ccc(OC)cc4OC)CC3)n2)cc1.COc1ccc(S(=O)(=O)N2CCN(c3nc(-c4ccc(Cl)cc4)cs3)CC2)c(OC)c1. The van der Waals surface area contributed by atoms with E-state index < -0.39 is 20.0 Å². The number of anilines is 2. The highest BCUT2D eigenvalue weighted by atomic mass is 35.5. The molecule has 334 valence electrons. The van der Waals surface area contributed by atoms with Gasteiger partial charge in [0.05, 0.1) is 46.9 Å². The van der Waals surface area contributed by atoms with E-state index in [1.807, 2.05) is 59.3 Å². The molecule has 20 heteroatoms. The predicted molar refractivity (Wildman–Crippen MR) is 248 cm³/mol. The molecule has 4 heterocycles. The van der Waals surface area contributed by atoms with E-state index in [1.54, 1.807) is 54.0 Å². The van der Waals surface area contributed by atoms with E-state index in [9.17, 15) is 16.8 Å². The molecule has 6 aromatic rings. The Balaban J connectivity index is 0.000000189. The molecule has 0 saturated carbocycles. The summed E-state index contributed by atoms with van der Waals surface area (Å²) in [7, 11) is 0.236. The molecule has 0 N–H and O–H groups in total. The highest BCUT2D eigenvalue weighted by molar-refractivity contribution is 7.89. The molecule has 0 bridgehead atoms. The van der Waals surface area contributed by atoms with Gasteiger partial charge in [0.2, 0.25) is 20.0 Å². The molecule has 0 atom stereocenters. The number of halogens is 1. The van der Waals surface area contributed by atoms with Crippen LogP contribution < -0.4 is 33.5 Å². The van der Waals surface area contributed by atoms with E-state index in [2.05, 4.69) is 9.80 Å². The quantitative estimate of drug-likeness (QED) is 0.114. The Morgan fingerprint density at radius 3 is 1.22 bits per heavy atom. The van der Waals surface area contributed by atoms with Gasteiger partial charge >= 0.3 is 0 Å². The number of benzene rings is 4. The fraction of sp³-hybridized carbons (Fsp3) is 0.302. The molecule has 0 radical (unpaired) electrons. The van der Waals surface area contributed by atoms with Gasteiger partial charge in [0.1, 0.15) is 38.5 Å². The predicted octanol–water partition coefficient (Wildman–Crippen LogP) is 7.34. The molecule has 2 aromatic heterocycles. The van der Waals surface area contributed by atoms with Gasteiger partial charge in [0.15, 0.2) is 10.3 Å². The Morgan fingerprint density at radius 1 is 0.492 bits per heavy atom. The van der Waals surface area contributed by atoms with E-state index in [0.717, 1.165) is 38.5 Å². The fourth-order valence-electron chi connectivity index (χ4n) is 6.96. The van der Waals surface area contributed by atoms with Crippen molar-refractivity contribution in [1.29, 1.82) is 0 Å². The zero-order valence-corrected chi connectivity index (χ0v) is 39.3. The maximum absolute atomic E-state index is 13.2. The molecule has 0 unspecified atom stereocenters. The van der Waals surface area contributed by atoms with Gasteiger partial charge in [-0.25, -0.2) is 26.8 Å². The summed E-state index contributed by atoms with van der Waals surface area (Å²) >= 11 is 9.07. The van der Waals surface area contributed by atoms with Crippen molar-refractivity contribution in [1.82, 2.24) is 18.6 Å². The number of methoxy groups -OCH3 is 5. The second kappa shape index (κ2) is 20.1. The first-order valence-corrected chi connectivity index (χ1v) is 24.7. The van der Waals surface area contributed by atoms with Crippen molar-refractivity contribution in [3.63, 3.8) is 0 Å². The van der Waals surface area contributed by atoms with Crippen molar-refractivity contribution in [2.45, 2.75) is 9.79 Å². The Hall–Kier alpha value is -5.15. The van der Waals surface area contributed by atoms with Gasteiger partial charge < -0.3 is 33.5 Å². The van der Waals surface area contributed by atoms with E-state index in [0.29, 0.717) is 68.9 Å². The van der Waals surface area contributed by atoms with Crippen molar-refractivity contribution in [2.24, 2.45) is 0 Å². The van der Waals surface area contributed by atoms with Crippen LogP contribution in [0.5, 0.6) is 28.7 Å². The van der Waals surface area contributed by atoms with Crippen LogP contribution in [0, 0.1) is 0 Å². The number of rotatable bonds is 13. The van der Waals surface area contributed by atoms with Gasteiger partial charge in [-0.2, -0.15) is 8.61 Å². The van der Waals surface area contributed by atoms with Crippen molar-refractivity contribution in [2.75, 3.05) is 97.7 Å². The van der Waals surface area contributed by atoms with E-state index in [-0.39, 0.29) is 21.3 Å². The zero-order chi connectivity index (χ0) is 44.7. The summed E-state index contributed by atoms with van der Waals surface area (Å²) in [5.74, 6) is 2.43. The maximum atomic E-state index is 13.2. The minimum absolute atomic E-state index is 0.142. The number of ether oxygens (including phenoxy) is 5. The molecule has 2 aliphatic rings. The molecule has 15 nitrogen and oxygen atoms in total. The smallest absolute Gasteiger partial charge is 0.246 e. The lowest BCUT2D eigenvalue weighted by atomic mass is 10.2. The second-order valence-corrected chi connectivity index (χ2v) is 20.0. The van der Waals surface area contributed by atoms with Gasteiger partial charge in [-0.3, -0.25) is 0 Å². The van der Waals surface area contributed by atoms with Crippen molar-refractivity contribution in [3.05, 3.63) is 101 Å². The van der Waals surface area contributed by atoms with Crippen LogP contribution in [0.25, 0.3) is 22.5 Å². The summed E-state index contributed by atoms with van der Waals surface area (Å²) < 4.78 is 81.9. The van der Waals surface area contributed by atoms with E-state index >= 15 is 0 Å². The highest BCUT2D eigenvalue weighted by Crippen LogP contribution is 2.35. The van der Waals surface area contributed by atoms with Crippen molar-refractivity contribution < 1.29 is 40.5 Å². The van der Waals surface area contributed by atoms with Crippen LogP contribution in [-0.4, -0.2) is 123 Å². The van der Waals surface area contributed by atoms with Gasteiger partial charge in [-0.15, -0.1) is 22.7 Å². The van der Waals surface area contributed by atoms with Crippen LogP contribution in [0.1, 0.15) is 0 Å². The van der Waals surface area contributed by atoms with E-state index in [4.69, 9.17) is 45.3 Å². The third-order valence-corrected chi connectivity index (χ3v) is 16.4. The molecular formula is C43H47ClN6O9S4. The summed E-state index contributed by atoms with van der Waals surface area (Å²) in [4.78, 5) is 14.0. The van der Waals surface area contributed by atoms with Crippen LogP contribution >= 0.6 is 34.3 Å². The number of hydrogen-bond donors (Lipinski definition) is 0. The third-order valence-electron chi connectivity index (χ3n) is 10.5. The highest BCUT2D eigenvalue weighted by Gasteiger charge is 2.33. The Bertz CT molecular complexity index is 2700. The molecule has 0 amide bonds. The van der Waals surface area contributed by atoms with Gasteiger partial charge in [0, 0.05) is 91.4 Å². The lowest BCUT2D eigenvalue weighted by Crippen LogP contribution is -2.48. The summed E-state index contributed by atoms with van der Waals surface area (Å²) in [5.41, 5.74) is 3.79. The standard InChI is InChI=1S/C22H25N3O5S2.C21H22ClN3O4S2/c1-28-17-6-4-16(5-7-17)19-15-31-22(23-19)24-10-12-25(13-11-24)32(26,27)21-9-8-18(29-2)14-20(21)30-3;1-28-17-7-8-20(19(13-17)29-2)31(26,27)25-11-9-24(10-12-25)21-23-18(14-30-21)15-3-5-16(22)6-4-15/h4-9,14-15H,10-13H2,1-3H3;3-8,13-14H,9-12H2,1-2H3. The van der Waals surface area contributed by atoms with Gasteiger partial charge in [-0.1, -0.05) is 23.7 Å². The molecule has 2 saturated heterocycles. The number of hydrogen-bond acceptors (Lipinski definition) is 15. The van der Waals surface area contributed by atoms with Gasteiger partial charge in [0.25, 0.3) is 0 Å². The molecule has 0 aliphatic carbocycles. The number of thiazole rings is 2. The molecule has 2 aliphatic heterocycles. The topological polar surface area (TPSA) is 153 Å². The lowest BCUT2D eigenvalue weighted by Gasteiger charge is -2.34. The van der Waals surface area contributed by atoms with Crippen LogP contribution in [-0.2, 0) is 20.0 Å². The number of nitrogens with zero attached hydrogens (tertiary/aromatic N) is 6. The Morgan fingerprint density at radius 2 is 0.857 bits per heavy atom. The number of aromatic nitrogens is 2.